The van der Waals surface area contributed by atoms with E-state index in [4.69, 9.17) is 4.74 Å². The van der Waals surface area contributed by atoms with E-state index in [2.05, 4.69) is 4.72 Å². The van der Waals surface area contributed by atoms with Gasteiger partial charge in [-0.3, -0.25) is 4.72 Å². The normalized spacial score (nSPS) is 11.2. The number of sulfonamides is 1. The predicted molar refractivity (Wildman–Crippen MR) is 80.7 cm³/mol. The lowest BCUT2D eigenvalue weighted by Gasteiger charge is -2.12. The summed E-state index contributed by atoms with van der Waals surface area (Å²) in [5.74, 6) is -0.149. The van der Waals surface area contributed by atoms with Crippen molar-refractivity contribution in [3.8, 4) is 5.75 Å². The minimum atomic E-state index is -3.90. The lowest BCUT2D eigenvalue weighted by atomic mass is 10.2. The largest absolute Gasteiger partial charge is 0.494 e. The first-order valence-corrected chi connectivity index (χ1v) is 8.09. The lowest BCUT2D eigenvalue weighted by molar-refractivity contribution is 0.267. The maximum atomic E-state index is 13.2. The average Bonchev–Trinajstić information content (AvgIpc) is 2.48. The molecule has 0 bridgehead atoms. The third-order valence-electron chi connectivity index (χ3n) is 2.89. The molecular formula is C15H16FNO4S. The first kappa shape index (κ1) is 16.3. The highest BCUT2D eigenvalue weighted by Crippen LogP contribution is 2.25. The van der Waals surface area contributed by atoms with Gasteiger partial charge in [-0.2, -0.15) is 0 Å². The standard InChI is InChI=1S/C15H16FNO4S/c1-2-21-15-7-6-13(8-11(15)10-18)17-22(19,20)14-5-3-4-12(16)9-14/h3-9,17-18H,2,10H2,1H3. The van der Waals surface area contributed by atoms with Crippen LogP contribution in [0, 0.1) is 5.82 Å². The molecule has 2 aromatic carbocycles. The van der Waals surface area contributed by atoms with Gasteiger partial charge >= 0.3 is 0 Å². The number of hydrogen-bond acceptors (Lipinski definition) is 4. The second-order valence-corrected chi connectivity index (χ2v) is 6.16. The Bertz CT molecular complexity index is 762. The summed E-state index contributed by atoms with van der Waals surface area (Å²) in [6, 6.07) is 9.28. The minimum Gasteiger partial charge on any atom is -0.494 e. The Balaban J connectivity index is 2.30. The summed E-state index contributed by atoms with van der Waals surface area (Å²) in [5, 5.41) is 9.31. The van der Waals surface area contributed by atoms with Crippen molar-refractivity contribution in [1.29, 1.82) is 0 Å². The topological polar surface area (TPSA) is 75.6 Å². The van der Waals surface area contributed by atoms with Crippen LogP contribution in [0.1, 0.15) is 12.5 Å². The van der Waals surface area contributed by atoms with Crippen molar-refractivity contribution in [3.63, 3.8) is 0 Å². The molecule has 0 atom stereocenters. The summed E-state index contributed by atoms with van der Waals surface area (Å²) in [6.07, 6.45) is 0. The monoisotopic (exact) mass is 325 g/mol. The molecule has 0 amide bonds. The zero-order valence-corrected chi connectivity index (χ0v) is 12.7. The fourth-order valence-electron chi connectivity index (χ4n) is 1.91. The Kier molecular flexibility index (Phi) is 4.99. The van der Waals surface area contributed by atoms with Crippen LogP contribution in [0.5, 0.6) is 5.75 Å². The van der Waals surface area contributed by atoms with E-state index >= 15 is 0 Å². The average molecular weight is 325 g/mol. The molecule has 0 spiro atoms. The van der Waals surface area contributed by atoms with Crippen LogP contribution < -0.4 is 9.46 Å². The molecule has 0 aliphatic rings. The van der Waals surface area contributed by atoms with Crippen molar-refractivity contribution in [2.75, 3.05) is 11.3 Å². The molecule has 0 saturated heterocycles. The number of nitrogens with one attached hydrogen (secondary N) is 1. The molecule has 0 aliphatic carbocycles. The molecule has 2 N–H and O–H groups in total. The third kappa shape index (κ3) is 3.75. The summed E-state index contributed by atoms with van der Waals surface area (Å²) in [7, 11) is -3.90. The van der Waals surface area contributed by atoms with E-state index in [1.807, 2.05) is 6.92 Å². The predicted octanol–water partition coefficient (Wildman–Crippen LogP) is 2.52. The summed E-state index contributed by atoms with van der Waals surface area (Å²) in [4.78, 5) is -0.174. The first-order chi connectivity index (χ1) is 10.5. The van der Waals surface area contributed by atoms with Gasteiger partial charge in [0, 0.05) is 11.3 Å². The van der Waals surface area contributed by atoms with Crippen LogP contribution in [0.2, 0.25) is 0 Å². The van der Waals surface area contributed by atoms with E-state index in [1.165, 1.54) is 30.3 Å². The van der Waals surface area contributed by atoms with Gasteiger partial charge in [-0.25, -0.2) is 12.8 Å². The Hall–Kier alpha value is -2.12. The maximum absolute atomic E-state index is 13.2. The van der Waals surface area contributed by atoms with Gasteiger partial charge in [-0.05, 0) is 43.3 Å². The van der Waals surface area contributed by atoms with E-state index in [1.54, 1.807) is 6.07 Å². The first-order valence-electron chi connectivity index (χ1n) is 6.61. The van der Waals surface area contributed by atoms with E-state index in [0.717, 1.165) is 6.07 Å². The Morgan fingerprint density at radius 2 is 2.00 bits per heavy atom. The van der Waals surface area contributed by atoms with Gasteiger partial charge in [-0.1, -0.05) is 6.07 Å². The highest BCUT2D eigenvalue weighted by atomic mass is 32.2. The van der Waals surface area contributed by atoms with Gasteiger partial charge in [-0.15, -0.1) is 0 Å². The molecule has 0 fully saturated rings. The Morgan fingerprint density at radius 1 is 1.23 bits per heavy atom. The Labute approximate surface area is 128 Å². The molecule has 0 radical (unpaired) electrons. The van der Waals surface area contributed by atoms with Crippen LogP contribution in [-0.4, -0.2) is 20.1 Å². The molecule has 22 heavy (non-hydrogen) atoms. The number of ether oxygens (including phenoxy) is 1. The van der Waals surface area contributed by atoms with Crippen molar-refractivity contribution in [2.45, 2.75) is 18.4 Å². The summed E-state index contributed by atoms with van der Waals surface area (Å²) in [5.41, 5.74) is 0.720. The van der Waals surface area contributed by atoms with Crippen LogP contribution in [0.15, 0.2) is 47.4 Å². The maximum Gasteiger partial charge on any atom is 0.261 e. The van der Waals surface area contributed by atoms with Gasteiger partial charge < -0.3 is 9.84 Å². The fraction of sp³-hybridized carbons (Fsp3) is 0.200. The summed E-state index contributed by atoms with van der Waals surface area (Å²) >= 11 is 0. The van der Waals surface area contributed by atoms with Crippen LogP contribution in [0.25, 0.3) is 0 Å². The van der Waals surface area contributed by atoms with E-state index in [0.29, 0.717) is 17.9 Å². The van der Waals surface area contributed by atoms with Gasteiger partial charge in [0.2, 0.25) is 0 Å². The number of aliphatic hydroxyl groups is 1. The summed E-state index contributed by atoms with van der Waals surface area (Å²) < 4.78 is 45.2. The third-order valence-corrected chi connectivity index (χ3v) is 4.27. The highest BCUT2D eigenvalue weighted by Gasteiger charge is 2.15. The van der Waals surface area contributed by atoms with Crippen molar-refractivity contribution >= 4 is 15.7 Å². The smallest absolute Gasteiger partial charge is 0.261 e. The van der Waals surface area contributed by atoms with E-state index < -0.39 is 15.8 Å². The molecule has 2 aromatic rings. The Morgan fingerprint density at radius 3 is 2.64 bits per heavy atom. The van der Waals surface area contributed by atoms with Crippen LogP contribution in [0.3, 0.4) is 0 Å². The van der Waals surface area contributed by atoms with Crippen LogP contribution >= 0.6 is 0 Å². The molecule has 5 nitrogen and oxygen atoms in total. The fourth-order valence-corrected chi connectivity index (χ4v) is 2.99. The molecule has 0 aromatic heterocycles. The molecule has 0 heterocycles. The SMILES string of the molecule is CCOc1ccc(NS(=O)(=O)c2cccc(F)c2)cc1CO. The van der Waals surface area contributed by atoms with Crippen molar-refractivity contribution in [2.24, 2.45) is 0 Å². The van der Waals surface area contributed by atoms with Gasteiger partial charge in [0.1, 0.15) is 11.6 Å². The van der Waals surface area contributed by atoms with Gasteiger partial charge in [0.15, 0.2) is 0 Å². The van der Waals surface area contributed by atoms with Gasteiger partial charge in [0.05, 0.1) is 18.1 Å². The summed E-state index contributed by atoms with van der Waals surface area (Å²) in [6.45, 7) is 1.95. The zero-order valence-electron chi connectivity index (χ0n) is 11.9. The minimum absolute atomic E-state index is 0.174. The van der Waals surface area contributed by atoms with Crippen LogP contribution in [-0.2, 0) is 16.6 Å². The molecule has 0 unspecified atom stereocenters. The molecular weight excluding hydrogens is 309 g/mol. The van der Waals surface area contributed by atoms with Crippen LogP contribution in [0.4, 0.5) is 10.1 Å². The number of halogens is 1. The van der Waals surface area contributed by atoms with Crippen molar-refractivity contribution < 1.29 is 22.7 Å². The molecule has 2 rings (SSSR count). The molecule has 0 aliphatic heterocycles. The number of aliphatic hydroxyl groups excluding tert-OH is 1. The second kappa shape index (κ2) is 6.76. The molecule has 7 heteroatoms. The quantitative estimate of drug-likeness (QED) is 0.856. The van der Waals surface area contributed by atoms with Crippen molar-refractivity contribution in [1.82, 2.24) is 0 Å². The number of hydrogen-bond donors (Lipinski definition) is 2. The number of benzene rings is 2. The van der Waals surface area contributed by atoms with E-state index in [9.17, 15) is 17.9 Å². The number of anilines is 1. The van der Waals surface area contributed by atoms with E-state index in [-0.39, 0.29) is 17.2 Å². The number of rotatable bonds is 6. The highest BCUT2D eigenvalue weighted by molar-refractivity contribution is 7.92. The zero-order chi connectivity index (χ0) is 16.2. The second-order valence-electron chi connectivity index (χ2n) is 4.48. The lowest BCUT2D eigenvalue weighted by Crippen LogP contribution is -2.13. The van der Waals surface area contributed by atoms with Crippen molar-refractivity contribution in [3.05, 3.63) is 53.8 Å². The molecule has 0 saturated carbocycles. The molecule has 118 valence electrons. The van der Waals surface area contributed by atoms with Gasteiger partial charge in [0.25, 0.3) is 10.0 Å².